The fraction of sp³-hybridized carbons (Fsp3) is 0.467. The van der Waals surface area contributed by atoms with E-state index in [1.807, 2.05) is 0 Å². The van der Waals surface area contributed by atoms with Crippen LogP contribution in [-0.2, 0) is 4.79 Å². The first-order valence-electron chi connectivity index (χ1n) is 7.38. The first-order valence-corrected chi connectivity index (χ1v) is 7.79. The van der Waals surface area contributed by atoms with Crippen molar-refractivity contribution in [3.05, 3.63) is 34.4 Å². The number of unbranched alkanes of at least 4 members (excludes halogenated alkanes) is 4. The molecule has 0 bridgehead atoms. The van der Waals surface area contributed by atoms with Crippen LogP contribution in [0.5, 0.6) is 0 Å². The molecule has 0 aliphatic heterocycles. The van der Waals surface area contributed by atoms with E-state index in [1.165, 1.54) is 25.0 Å². The highest BCUT2D eigenvalue weighted by molar-refractivity contribution is 7.80. The van der Waals surface area contributed by atoms with E-state index in [1.54, 1.807) is 12.1 Å². The van der Waals surface area contributed by atoms with Crippen molar-refractivity contribution >= 4 is 34.6 Å². The number of nitrogens with zero attached hydrogens (tertiary/aromatic N) is 1. The van der Waals surface area contributed by atoms with E-state index >= 15 is 0 Å². The Hall–Kier alpha value is -2.02. The van der Waals surface area contributed by atoms with Gasteiger partial charge in [-0.1, -0.05) is 38.7 Å². The molecule has 0 unspecified atom stereocenters. The average molecular weight is 323 g/mol. The Morgan fingerprint density at radius 3 is 2.68 bits per heavy atom. The van der Waals surface area contributed by atoms with Gasteiger partial charge in [-0.2, -0.15) is 0 Å². The SMILES string of the molecule is CCCCCCCC(=O)NC(=S)Nc1cccc([N+](=O)[O-])c1. The largest absolute Gasteiger partial charge is 0.332 e. The standard InChI is InChI=1S/C15H21N3O3S/c1-2-3-4-5-6-10-14(19)17-15(22)16-12-8-7-9-13(11-12)18(20)21/h7-9,11H,2-6,10H2,1H3,(H2,16,17,19,22). The molecule has 0 saturated carbocycles. The van der Waals surface area contributed by atoms with E-state index in [0.717, 1.165) is 19.3 Å². The highest BCUT2D eigenvalue weighted by Gasteiger charge is 2.08. The third-order valence-corrected chi connectivity index (χ3v) is 3.28. The number of hydrogen-bond acceptors (Lipinski definition) is 4. The second-order valence-corrected chi connectivity index (χ2v) is 5.38. The normalized spacial score (nSPS) is 10.0. The molecule has 0 radical (unpaired) electrons. The predicted octanol–water partition coefficient (Wildman–Crippen LogP) is 3.77. The van der Waals surface area contributed by atoms with Gasteiger partial charge in [0.1, 0.15) is 0 Å². The number of hydrogen-bond donors (Lipinski definition) is 2. The van der Waals surface area contributed by atoms with Gasteiger partial charge in [0.25, 0.3) is 5.69 Å². The van der Waals surface area contributed by atoms with E-state index in [2.05, 4.69) is 17.6 Å². The van der Waals surface area contributed by atoms with Crippen LogP contribution in [0.2, 0.25) is 0 Å². The average Bonchev–Trinajstić information content (AvgIpc) is 2.47. The van der Waals surface area contributed by atoms with Crippen LogP contribution in [0.3, 0.4) is 0 Å². The van der Waals surface area contributed by atoms with E-state index in [0.29, 0.717) is 12.1 Å². The Bertz CT molecular complexity index is 535. The summed E-state index contributed by atoms with van der Waals surface area (Å²) in [6.45, 7) is 2.14. The lowest BCUT2D eigenvalue weighted by Gasteiger charge is -2.09. The number of nitro benzene ring substituents is 1. The fourth-order valence-corrected chi connectivity index (χ4v) is 2.17. The third-order valence-electron chi connectivity index (χ3n) is 3.08. The van der Waals surface area contributed by atoms with Crippen molar-refractivity contribution in [2.45, 2.75) is 45.4 Å². The minimum Gasteiger partial charge on any atom is -0.332 e. The van der Waals surface area contributed by atoms with Gasteiger partial charge in [0.2, 0.25) is 5.91 Å². The van der Waals surface area contributed by atoms with Crippen LogP contribution < -0.4 is 10.6 Å². The molecule has 1 amide bonds. The van der Waals surface area contributed by atoms with Gasteiger partial charge in [-0.05, 0) is 24.7 Å². The molecule has 22 heavy (non-hydrogen) atoms. The molecule has 0 saturated heterocycles. The molecule has 0 aliphatic rings. The van der Waals surface area contributed by atoms with Crippen LogP contribution in [0.25, 0.3) is 0 Å². The first-order chi connectivity index (χ1) is 10.5. The predicted molar refractivity (Wildman–Crippen MR) is 90.8 cm³/mol. The Balaban J connectivity index is 2.35. The van der Waals surface area contributed by atoms with Crippen molar-refractivity contribution in [2.24, 2.45) is 0 Å². The Labute approximate surface area is 135 Å². The van der Waals surface area contributed by atoms with Crippen molar-refractivity contribution in [1.29, 1.82) is 0 Å². The van der Waals surface area contributed by atoms with Crippen molar-refractivity contribution in [1.82, 2.24) is 5.32 Å². The maximum Gasteiger partial charge on any atom is 0.271 e. The summed E-state index contributed by atoms with van der Waals surface area (Å²) in [6, 6.07) is 5.96. The van der Waals surface area contributed by atoms with Gasteiger partial charge >= 0.3 is 0 Å². The van der Waals surface area contributed by atoms with Crippen molar-refractivity contribution in [3.8, 4) is 0 Å². The molecule has 6 nitrogen and oxygen atoms in total. The van der Waals surface area contributed by atoms with Crippen LogP contribution in [-0.4, -0.2) is 15.9 Å². The zero-order chi connectivity index (χ0) is 16.4. The molecule has 1 aromatic carbocycles. The molecule has 2 N–H and O–H groups in total. The van der Waals surface area contributed by atoms with Gasteiger partial charge in [0.05, 0.1) is 4.92 Å². The van der Waals surface area contributed by atoms with Gasteiger partial charge in [-0.25, -0.2) is 0 Å². The molecule has 0 aliphatic carbocycles. The minimum atomic E-state index is -0.483. The zero-order valence-corrected chi connectivity index (χ0v) is 13.4. The van der Waals surface area contributed by atoms with Crippen LogP contribution in [0.1, 0.15) is 45.4 Å². The topological polar surface area (TPSA) is 84.3 Å². The highest BCUT2D eigenvalue weighted by Crippen LogP contribution is 2.16. The number of non-ortho nitro benzene ring substituents is 1. The molecule has 0 fully saturated rings. The van der Waals surface area contributed by atoms with E-state index < -0.39 is 4.92 Å². The molecule has 0 spiro atoms. The molecule has 0 heterocycles. The summed E-state index contributed by atoms with van der Waals surface area (Å²) in [5, 5.41) is 16.2. The molecule has 0 aromatic heterocycles. The molecular formula is C15H21N3O3S. The number of benzene rings is 1. The summed E-state index contributed by atoms with van der Waals surface area (Å²) in [5.74, 6) is -0.139. The summed E-state index contributed by atoms with van der Waals surface area (Å²) in [6.07, 6.45) is 5.80. The summed E-state index contributed by atoms with van der Waals surface area (Å²) in [4.78, 5) is 21.9. The zero-order valence-electron chi connectivity index (χ0n) is 12.6. The van der Waals surface area contributed by atoms with Gasteiger partial charge < -0.3 is 10.6 Å². The van der Waals surface area contributed by atoms with Crippen LogP contribution in [0.15, 0.2) is 24.3 Å². The quantitative estimate of drug-likeness (QED) is 0.329. The number of nitrogens with one attached hydrogen (secondary N) is 2. The van der Waals surface area contributed by atoms with Crippen molar-refractivity contribution in [2.75, 3.05) is 5.32 Å². The van der Waals surface area contributed by atoms with Crippen LogP contribution in [0, 0.1) is 10.1 Å². The lowest BCUT2D eigenvalue weighted by molar-refractivity contribution is -0.384. The lowest BCUT2D eigenvalue weighted by atomic mass is 10.1. The van der Waals surface area contributed by atoms with Gasteiger partial charge in [-0.3, -0.25) is 14.9 Å². The number of carbonyl (C=O) groups excluding carboxylic acids is 1. The van der Waals surface area contributed by atoms with Gasteiger partial charge in [0.15, 0.2) is 5.11 Å². The fourth-order valence-electron chi connectivity index (χ4n) is 1.94. The summed E-state index contributed by atoms with van der Waals surface area (Å²) >= 11 is 5.03. The molecule has 1 rings (SSSR count). The summed E-state index contributed by atoms with van der Waals surface area (Å²) in [7, 11) is 0. The summed E-state index contributed by atoms with van der Waals surface area (Å²) in [5.41, 5.74) is 0.442. The molecular weight excluding hydrogens is 302 g/mol. The second kappa shape index (κ2) is 9.83. The van der Waals surface area contributed by atoms with Gasteiger partial charge in [0, 0.05) is 24.2 Å². The van der Waals surface area contributed by atoms with Crippen LogP contribution >= 0.6 is 12.2 Å². The number of nitro groups is 1. The molecule has 0 atom stereocenters. The minimum absolute atomic E-state index is 0.0324. The molecule has 120 valence electrons. The Kier molecular flexibility index (Phi) is 8.06. The Morgan fingerprint density at radius 1 is 1.27 bits per heavy atom. The third kappa shape index (κ3) is 7.12. The monoisotopic (exact) mass is 323 g/mol. The molecule has 7 heteroatoms. The number of amides is 1. The summed E-state index contributed by atoms with van der Waals surface area (Å²) < 4.78 is 0. The maximum absolute atomic E-state index is 11.7. The highest BCUT2D eigenvalue weighted by atomic mass is 32.1. The van der Waals surface area contributed by atoms with Crippen molar-refractivity contribution < 1.29 is 9.72 Å². The lowest BCUT2D eigenvalue weighted by Crippen LogP contribution is -2.33. The number of thiocarbonyl (C=S) groups is 1. The smallest absolute Gasteiger partial charge is 0.271 e. The number of anilines is 1. The molecule has 1 aromatic rings. The van der Waals surface area contributed by atoms with E-state index in [-0.39, 0.29) is 16.7 Å². The second-order valence-electron chi connectivity index (χ2n) is 4.97. The van der Waals surface area contributed by atoms with Crippen LogP contribution in [0.4, 0.5) is 11.4 Å². The van der Waals surface area contributed by atoms with E-state index in [4.69, 9.17) is 12.2 Å². The van der Waals surface area contributed by atoms with Crippen molar-refractivity contribution in [3.63, 3.8) is 0 Å². The van der Waals surface area contributed by atoms with E-state index in [9.17, 15) is 14.9 Å². The first kappa shape index (κ1) is 18.0. The maximum atomic E-state index is 11.7. The van der Waals surface area contributed by atoms with Gasteiger partial charge in [-0.15, -0.1) is 0 Å². The Morgan fingerprint density at radius 2 is 2.00 bits per heavy atom. The number of carbonyl (C=O) groups is 1. The number of rotatable bonds is 8.